The molecule has 0 aliphatic rings. The summed E-state index contributed by atoms with van der Waals surface area (Å²) in [5.74, 6) is 0. The maximum atomic E-state index is 8.74. The summed E-state index contributed by atoms with van der Waals surface area (Å²) in [7, 11) is -4.67. The van der Waals surface area contributed by atoms with Gasteiger partial charge in [0.2, 0.25) is 0 Å². The molecule has 0 bridgehead atoms. The minimum Gasteiger partial charge on any atom is -0.264 e. The Hall–Kier alpha value is -0.313. The van der Waals surface area contributed by atoms with E-state index in [1.165, 1.54) is 5.56 Å². The molecule has 1 aromatic rings. The third-order valence-corrected chi connectivity index (χ3v) is 0.885. The topological polar surface area (TPSA) is 74.6 Å². The predicted octanol–water partition coefficient (Wildman–Crippen LogP) is -1.85. The molecular weight excluding hydrogens is 187 g/mol. The number of hydrogen-bond acceptors (Lipinski definition) is 2. The maximum absolute atomic E-state index is 8.74. The molecule has 0 saturated heterocycles. The molecule has 13 heavy (non-hydrogen) atoms. The fourth-order valence-electron chi connectivity index (χ4n) is 0.470. The van der Waals surface area contributed by atoms with Gasteiger partial charge in [-0.15, -0.1) is 0 Å². The Morgan fingerprint density at radius 3 is 1.69 bits per heavy atom. The molecule has 0 aromatic heterocycles. The van der Waals surface area contributed by atoms with Crippen molar-refractivity contribution in [3.05, 3.63) is 35.9 Å². The minimum atomic E-state index is -4.67. The summed E-state index contributed by atoms with van der Waals surface area (Å²) >= 11 is 0. The SMILES string of the molecule is Cc1cc[c-]cc1.O=S(=O)(O)O.[Li+]. The van der Waals surface area contributed by atoms with Gasteiger partial charge < -0.3 is 0 Å². The number of aryl methyl sites for hydroxylation is 1. The van der Waals surface area contributed by atoms with Crippen molar-refractivity contribution in [1.29, 1.82) is 0 Å². The second-order valence-electron chi connectivity index (χ2n) is 2.03. The van der Waals surface area contributed by atoms with Gasteiger partial charge in [0.05, 0.1) is 0 Å². The number of hydrogen-bond donors (Lipinski definition) is 2. The second kappa shape index (κ2) is 7.13. The zero-order valence-corrected chi connectivity index (χ0v) is 8.25. The summed E-state index contributed by atoms with van der Waals surface area (Å²) in [4.78, 5) is 0. The largest absolute Gasteiger partial charge is 1.00 e. The van der Waals surface area contributed by atoms with Crippen LogP contribution in [0.3, 0.4) is 0 Å². The first-order chi connectivity index (χ1) is 5.39. The Kier molecular flexibility index (Phi) is 8.32. The van der Waals surface area contributed by atoms with Crippen molar-refractivity contribution in [2.24, 2.45) is 0 Å². The van der Waals surface area contributed by atoms with E-state index in [-0.39, 0.29) is 18.9 Å². The molecule has 0 aliphatic carbocycles. The molecule has 0 aliphatic heterocycles. The predicted molar refractivity (Wildman–Crippen MR) is 44.2 cm³/mol. The molecule has 6 heteroatoms. The van der Waals surface area contributed by atoms with Crippen LogP contribution in [0.25, 0.3) is 0 Å². The fourth-order valence-corrected chi connectivity index (χ4v) is 0.470. The molecule has 0 unspecified atom stereocenters. The van der Waals surface area contributed by atoms with Crippen molar-refractivity contribution in [3.8, 4) is 0 Å². The summed E-state index contributed by atoms with van der Waals surface area (Å²) in [5, 5.41) is 0. The smallest absolute Gasteiger partial charge is 0.264 e. The van der Waals surface area contributed by atoms with Gasteiger partial charge in [-0.1, -0.05) is 6.92 Å². The third-order valence-electron chi connectivity index (χ3n) is 0.885. The van der Waals surface area contributed by atoms with Crippen LogP contribution in [0.2, 0.25) is 0 Å². The summed E-state index contributed by atoms with van der Waals surface area (Å²) < 4.78 is 31.6. The molecule has 0 heterocycles. The van der Waals surface area contributed by atoms with Crippen molar-refractivity contribution >= 4 is 10.4 Å². The van der Waals surface area contributed by atoms with Crippen LogP contribution in [0.1, 0.15) is 5.56 Å². The Balaban J connectivity index is 0. The van der Waals surface area contributed by atoms with E-state index >= 15 is 0 Å². The van der Waals surface area contributed by atoms with Crippen molar-refractivity contribution in [2.45, 2.75) is 6.92 Å². The van der Waals surface area contributed by atoms with Gasteiger partial charge in [-0.05, 0) is 0 Å². The summed E-state index contributed by atoms with van der Waals surface area (Å²) in [6.07, 6.45) is 0. The molecular formula is C7H9LiO4S. The quantitative estimate of drug-likeness (QED) is 0.290. The van der Waals surface area contributed by atoms with E-state index in [9.17, 15) is 0 Å². The summed E-state index contributed by atoms with van der Waals surface area (Å²) in [5.41, 5.74) is 1.29. The van der Waals surface area contributed by atoms with Crippen LogP contribution in [0.4, 0.5) is 0 Å². The monoisotopic (exact) mass is 196 g/mol. The molecule has 68 valence electrons. The van der Waals surface area contributed by atoms with E-state index in [1.54, 1.807) is 0 Å². The van der Waals surface area contributed by atoms with Crippen LogP contribution < -0.4 is 18.9 Å². The Bertz CT molecular complexity index is 301. The molecule has 0 fully saturated rings. The molecule has 2 N–H and O–H groups in total. The average Bonchev–Trinajstić information content (AvgIpc) is 1.85. The molecule has 0 atom stereocenters. The maximum Gasteiger partial charge on any atom is 1.00 e. The van der Waals surface area contributed by atoms with Crippen LogP contribution in [0, 0.1) is 13.0 Å². The van der Waals surface area contributed by atoms with Gasteiger partial charge in [-0.3, -0.25) is 9.11 Å². The van der Waals surface area contributed by atoms with Gasteiger partial charge in [0.1, 0.15) is 0 Å². The average molecular weight is 196 g/mol. The third kappa shape index (κ3) is 18.6. The van der Waals surface area contributed by atoms with Gasteiger partial charge >= 0.3 is 29.3 Å². The van der Waals surface area contributed by atoms with Crippen LogP contribution in [-0.2, 0) is 10.4 Å². The van der Waals surface area contributed by atoms with E-state index < -0.39 is 10.4 Å². The first-order valence-electron chi connectivity index (χ1n) is 3.02. The van der Waals surface area contributed by atoms with Crippen LogP contribution in [0.5, 0.6) is 0 Å². The molecule has 1 aromatic carbocycles. The van der Waals surface area contributed by atoms with Gasteiger partial charge in [-0.25, -0.2) is 0 Å². The first-order valence-corrected chi connectivity index (χ1v) is 4.42. The second-order valence-corrected chi connectivity index (χ2v) is 2.92. The van der Waals surface area contributed by atoms with Crippen molar-refractivity contribution in [2.75, 3.05) is 0 Å². The summed E-state index contributed by atoms with van der Waals surface area (Å²) in [6, 6.07) is 10.8. The van der Waals surface area contributed by atoms with Gasteiger partial charge in [0.15, 0.2) is 0 Å². The van der Waals surface area contributed by atoms with Crippen molar-refractivity contribution in [3.63, 3.8) is 0 Å². The van der Waals surface area contributed by atoms with Crippen molar-refractivity contribution < 1.29 is 36.4 Å². The van der Waals surface area contributed by atoms with E-state index in [1.807, 2.05) is 24.3 Å². The molecule has 4 nitrogen and oxygen atoms in total. The summed E-state index contributed by atoms with van der Waals surface area (Å²) in [6.45, 7) is 2.06. The van der Waals surface area contributed by atoms with E-state index in [0.29, 0.717) is 0 Å². The van der Waals surface area contributed by atoms with Crippen LogP contribution >= 0.6 is 0 Å². The van der Waals surface area contributed by atoms with Crippen LogP contribution in [-0.4, -0.2) is 17.5 Å². The number of benzene rings is 1. The fraction of sp³-hybridized carbons (Fsp3) is 0.143. The van der Waals surface area contributed by atoms with Gasteiger partial charge in [0.25, 0.3) is 0 Å². The Labute approximate surface area is 89.7 Å². The van der Waals surface area contributed by atoms with E-state index in [2.05, 4.69) is 13.0 Å². The molecule has 0 spiro atoms. The van der Waals surface area contributed by atoms with E-state index in [0.717, 1.165) is 0 Å². The molecule has 0 radical (unpaired) electrons. The zero-order valence-electron chi connectivity index (χ0n) is 7.43. The van der Waals surface area contributed by atoms with E-state index in [4.69, 9.17) is 17.5 Å². The number of rotatable bonds is 0. The first kappa shape index (κ1) is 15.2. The Morgan fingerprint density at radius 1 is 1.23 bits per heavy atom. The molecule has 0 amide bonds. The van der Waals surface area contributed by atoms with Gasteiger partial charge in [-0.2, -0.15) is 44.3 Å². The van der Waals surface area contributed by atoms with Crippen molar-refractivity contribution in [1.82, 2.24) is 0 Å². The zero-order chi connectivity index (χ0) is 9.61. The normalized spacial score (nSPS) is 9.15. The standard InChI is InChI=1S/C7H7.Li.H2O4S/c1-7-5-3-2-4-6-7;;1-5(2,3)4/h3-6H,1H3;;(H2,1,2,3,4)/q-1;+1;. The minimum absolute atomic E-state index is 0. The van der Waals surface area contributed by atoms with Crippen LogP contribution in [0.15, 0.2) is 24.3 Å². The molecule has 1 rings (SSSR count). The molecule has 0 saturated carbocycles. The Morgan fingerprint density at radius 2 is 1.54 bits per heavy atom. The van der Waals surface area contributed by atoms with Gasteiger partial charge in [0, 0.05) is 0 Å².